The van der Waals surface area contributed by atoms with Gasteiger partial charge < -0.3 is 9.42 Å². The van der Waals surface area contributed by atoms with Crippen molar-refractivity contribution in [1.29, 1.82) is 0 Å². The summed E-state index contributed by atoms with van der Waals surface area (Å²) in [6, 6.07) is 13.5. The lowest BCUT2D eigenvalue weighted by Gasteiger charge is -2.27. The van der Waals surface area contributed by atoms with Crippen LogP contribution in [0.15, 0.2) is 47.0 Å². The third-order valence-electron chi connectivity index (χ3n) is 5.19. The standard InChI is InChI=1S/C21H18ClN5O2S/c1-26-15-9-10-27(21(28)16-7-8-17(22)30-16)12-14(15)19(24-26)20-23-18(25-29-20)11-13-5-3-2-4-6-13/h2-8H,9-12H2,1H3. The van der Waals surface area contributed by atoms with Crippen LogP contribution in [0.1, 0.15) is 32.3 Å². The highest BCUT2D eigenvalue weighted by Crippen LogP contribution is 2.31. The Morgan fingerprint density at radius 2 is 2.07 bits per heavy atom. The van der Waals surface area contributed by atoms with Gasteiger partial charge in [-0.2, -0.15) is 10.1 Å². The molecular formula is C21H18ClN5O2S. The van der Waals surface area contributed by atoms with Gasteiger partial charge in [-0.1, -0.05) is 47.1 Å². The molecular weight excluding hydrogens is 422 g/mol. The molecule has 9 heteroatoms. The third-order valence-corrected chi connectivity index (χ3v) is 6.41. The minimum absolute atomic E-state index is 0.0253. The summed E-state index contributed by atoms with van der Waals surface area (Å²) in [7, 11) is 1.90. The zero-order valence-corrected chi connectivity index (χ0v) is 17.8. The molecule has 0 saturated carbocycles. The van der Waals surface area contributed by atoms with Crippen molar-refractivity contribution in [3.05, 3.63) is 74.3 Å². The molecule has 0 saturated heterocycles. The Bertz CT molecular complexity index is 1210. The first-order chi connectivity index (χ1) is 14.6. The molecule has 0 radical (unpaired) electrons. The van der Waals surface area contributed by atoms with E-state index in [0.29, 0.717) is 52.6 Å². The van der Waals surface area contributed by atoms with E-state index < -0.39 is 0 Å². The summed E-state index contributed by atoms with van der Waals surface area (Å²) in [6.45, 7) is 1.08. The second-order valence-corrected chi connectivity index (χ2v) is 8.87. The Labute approximate surface area is 181 Å². The molecule has 0 unspecified atom stereocenters. The number of benzene rings is 1. The first-order valence-electron chi connectivity index (χ1n) is 9.54. The monoisotopic (exact) mass is 439 g/mol. The van der Waals surface area contributed by atoms with Crippen molar-refractivity contribution in [2.45, 2.75) is 19.4 Å². The number of hydrogen-bond acceptors (Lipinski definition) is 6. The smallest absolute Gasteiger partial charge is 0.278 e. The number of rotatable bonds is 4. The van der Waals surface area contributed by atoms with E-state index in [-0.39, 0.29) is 5.91 Å². The summed E-state index contributed by atoms with van der Waals surface area (Å²) in [4.78, 5) is 19.9. The highest BCUT2D eigenvalue weighted by Gasteiger charge is 2.30. The number of aromatic nitrogens is 4. The second kappa shape index (κ2) is 7.70. The SMILES string of the molecule is Cn1nc(-c2nc(Cc3ccccc3)no2)c2c1CCN(C(=O)c1ccc(Cl)s1)C2. The molecule has 4 aromatic rings. The lowest BCUT2D eigenvalue weighted by Crippen LogP contribution is -2.36. The van der Waals surface area contributed by atoms with Crippen LogP contribution in [0, 0.1) is 0 Å². The van der Waals surface area contributed by atoms with Crippen molar-refractivity contribution < 1.29 is 9.32 Å². The van der Waals surface area contributed by atoms with Crippen LogP contribution in [0.5, 0.6) is 0 Å². The zero-order chi connectivity index (χ0) is 20.7. The van der Waals surface area contributed by atoms with E-state index in [0.717, 1.165) is 16.8 Å². The molecule has 4 heterocycles. The van der Waals surface area contributed by atoms with E-state index >= 15 is 0 Å². The van der Waals surface area contributed by atoms with E-state index in [1.165, 1.54) is 11.3 Å². The molecule has 152 valence electrons. The van der Waals surface area contributed by atoms with Gasteiger partial charge in [-0.25, -0.2) is 0 Å². The van der Waals surface area contributed by atoms with Crippen molar-refractivity contribution in [1.82, 2.24) is 24.8 Å². The molecule has 0 fully saturated rings. The summed E-state index contributed by atoms with van der Waals surface area (Å²) in [5.41, 5.74) is 3.79. The largest absolute Gasteiger partial charge is 0.333 e. The van der Waals surface area contributed by atoms with Gasteiger partial charge in [0.05, 0.1) is 15.8 Å². The van der Waals surface area contributed by atoms with Gasteiger partial charge in [0.2, 0.25) is 0 Å². The van der Waals surface area contributed by atoms with Crippen molar-refractivity contribution in [3.63, 3.8) is 0 Å². The van der Waals surface area contributed by atoms with Crippen molar-refractivity contribution >= 4 is 28.8 Å². The van der Waals surface area contributed by atoms with Gasteiger partial charge in [0.25, 0.3) is 11.8 Å². The Kier molecular flexibility index (Phi) is 4.88. The van der Waals surface area contributed by atoms with Gasteiger partial charge in [0, 0.05) is 37.7 Å². The Balaban J connectivity index is 1.41. The molecule has 0 atom stereocenters. The minimum Gasteiger partial charge on any atom is -0.333 e. The van der Waals surface area contributed by atoms with Crippen LogP contribution in [0.4, 0.5) is 0 Å². The second-order valence-electron chi connectivity index (χ2n) is 7.16. The Morgan fingerprint density at radius 3 is 2.83 bits per heavy atom. The zero-order valence-electron chi connectivity index (χ0n) is 16.2. The maximum atomic E-state index is 12.9. The minimum atomic E-state index is -0.0253. The van der Waals surface area contributed by atoms with Crippen LogP contribution in [-0.4, -0.2) is 37.3 Å². The molecule has 5 rings (SSSR count). The van der Waals surface area contributed by atoms with E-state index in [1.807, 2.05) is 47.0 Å². The number of nitrogens with zero attached hydrogens (tertiary/aromatic N) is 5. The number of thiophene rings is 1. The predicted molar refractivity (Wildman–Crippen MR) is 114 cm³/mol. The topological polar surface area (TPSA) is 77.1 Å². The molecule has 0 spiro atoms. The Hall–Kier alpha value is -2.97. The van der Waals surface area contributed by atoms with E-state index in [9.17, 15) is 4.79 Å². The van der Waals surface area contributed by atoms with E-state index in [2.05, 4.69) is 15.2 Å². The van der Waals surface area contributed by atoms with Crippen LogP contribution in [-0.2, 0) is 26.4 Å². The first-order valence-corrected chi connectivity index (χ1v) is 10.7. The summed E-state index contributed by atoms with van der Waals surface area (Å²) >= 11 is 7.29. The maximum Gasteiger partial charge on any atom is 0.278 e. The molecule has 7 nitrogen and oxygen atoms in total. The molecule has 1 aromatic carbocycles. The highest BCUT2D eigenvalue weighted by atomic mass is 35.5. The molecule has 1 amide bonds. The van der Waals surface area contributed by atoms with E-state index in [1.54, 1.807) is 12.1 Å². The first kappa shape index (κ1) is 19.0. The quantitative estimate of drug-likeness (QED) is 0.480. The normalized spacial score (nSPS) is 13.5. The molecule has 0 bridgehead atoms. The Morgan fingerprint density at radius 1 is 1.23 bits per heavy atom. The fraction of sp³-hybridized carbons (Fsp3) is 0.238. The van der Waals surface area contributed by atoms with E-state index in [4.69, 9.17) is 16.1 Å². The van der Waals surface area contributed by atoms with Crippen LogP contribution in [0.3, 0.4) is 0 Å². The fourth-order valence-corrected chi connectivity index (χ4v) is 4.73. The van der Waals surface area contributed by atoms with Crippen molar-refractivity contribution in [3.8, 4) is 11.6 Å². The average Bonchev–Trinajstić information content (AvgIpc) is 3.47. The van der Waals surface area contributed by atoms with Gasteiger partial charge in [0.15, 0.2) is 11.5 Å². The number of carbonyl (C=O) groups is 1. The number of hydrogen-bond donors (Lipinski definition) is 0. The third kappa shape index (κ3) is 3.53. The number of halogens is 1. The molecule has 0 aliphatic carbocycles. The maximum absolute atomic E-state index is 12.9. The van der Waals surface area contributed by atoms with Gasteiger partial charge in [-0.15, -0.1) is 11.3 Å². The van der Waals surface area contributed by atoms with Crippen LogP contribution < -0.4 is 0 Å². The molecule has 3 aromatic heterocycles. The summed E-state index contributed by atoms with van der Waals surface area (Å²) in [5.74, 6) is 0.960. The van der Waals surface area contributed by atoms with Gasteiger partial charge in [-0.3, -0.25) is 9.48 Å². The summed E-state index contributed by atoms with van der Waals surface area (Å²) in [6.07, 6.45) is 1.30. The number of amides is 1. The average molecular weight is 440 g/mol. The van der Waals surface area contributed by atoms with Crippen molar-refractivity contribution in [2.75, 3.05) is 6.54 Å². The fourth-order valence-electron chi connectivity index (χ4n) is 3.72. The van der Waals surface area contributed by atoms with Crippen LogP contribution >= 0.6 is 22.9 Å². The number of fused-ring (bicyclic) bond motifs is 1. The van der Waals surface area contributed by atoms with Crippen LogP contribution in [0.25, 0.3) is 11.6 Å². The lowest BCUT2D eigenvalue weighted by molar-refractivity contribution is 0.0738. The highest BCUT2D eigenvalue weighted by molar-refractivity contribution is 7.17. The van der Waals surface area contributed by atoms with Gasteiger partial charge in [0.1, 0.15) is 0 Å². The molecule has 30 heavy (non-hydrogen) atoms. The van der Waals surface area contributed by atoms with Crippen molar-refractivity contribution in [2.24, 2.45) is 7.05 Å². The summed E-state index contributed by atoms with van der Waals surface area (Å²) < 4.78 is 7.98. The summed E-state index contributed by atoms with van der Waals surface area (Å²) in [5, 5.41) is 8.74. The number of aryl methyl sites for hydroxylation is 1. The predicted octanol–water partition coefficient (Wildman–Crippen LogP) is 3.97. The van der Waals surface area contributed by atoms with Crippen LogP contribution in [0.2, 0.25) is 4.34 Å². The van der Waals surface area contributed by atoms with Gasteiger partial charge in [-0.05, 0) is 17.7 Å². The number of carbonyl (C=O) groups excluding carboxylic acids is 1. The molecule has 1 aliphatic heterocycles. The molecule has 0 N–H and O–H groups in total. The molecule has 1 aliphatic rings. The lowest BCUT2D eigenvalue weighted by atomic mass is 10.0. The van der Waals surface area contributed by atoms with Gasteiger partial charge >= 0.3 is 0 Å².